The molecule has 3 nitrogen and oxygen atoms in total. The van der Waals surface area contributed by atoms with E-state index in [0.717, 1.165) is 17.7 Å². The van der Waals surface area contributed by atoms with Crippen LogP contribution in [0.5, 0.6) is 0 Å². The molecule has 2 aromatic rings. The second-order valence-electron chi connectivity index (χ2n) is 4.46. The molecule has 2 N–H and O–H groups in total. The summed E-state index contributed by atoms with van der Waals surface area (Å²) < 4.78 is 25.9. The number of aromatic carboxylic acids is 1. The third kappa shape index (κ3) is 3.12. The molecule has 0 amide bonds. The molecule has 0 saturated carbocycles. The van der Waals surface area contributed by atoms with Crippen molar-refractivity contribution in [3.05, 3.63) is 64.7 Å². The largest absolute Gasteiger partial charge is 0.478 e. The molecule has 0 aliphatic carbocycles. The van der Waals surface area contributed by atoms with Crippen LogP contribution in [0.4, 0.5) is 14.5 Å². The lowest BCUT2D eigenvalue weighted by atomic mass is 10.1. The van der Waals surface area contributed by atoms with Gasteiger partial charge in [-0.25, -0.2) is 13.6 Å². The standard InChI is InChI=1S/C15H13F2NO2/c1-9-2-5-14(11(6-9)15(19)20)18-8-10-3-4-12(16)13(17)7-10/h2-7,18H,8H2,1H3,(H,19,20). The van der Waals surface area contributed by atoms with E-state index in [4.69, 9.17) is 5.11 Å². The summed E-state index contributed by atoms with van der Waals surface area (Å²) in [7, 11) is 0. The van der Waals surface area contributed by atoms with Gasteiger partial charge >= 0.3 is 5.97 Å². The van der Waals surface area contributed by atoms with E-state index in [-0.39, 0.29) is 12.1 Å². The SMILES string of the molecule is Cc1ccc(NCc2ccc(F)c(F)c2)c(C(=O)O)c1. The number of halogens is 2. The Kier molecular flexibility index (Phi) is 3.98. The summed E-state index contributed by atoms with van der Waals surface area (Å²) in [5, 5.41) is 12.0. The Hall–Kier alpha value is -2.43. The first-order chi connectivity index (χ1) is 9.47. The summed E-state index contributed by atoms with van der Waals surface area (Å²) in [6.07, 6.45) is 0. The molecule has 5 heteroatoms. The van der Waals surface area contributed by atoms with E-state index in [1.165, 1.54) is 6.07 Å². The van der Waals surface area contributed by atoms with Crippen LogP contribution in [0.25, 0.3) is 0 Å². The minimum absolute atomic E-state index is 0.146. The molecule has 104 valence electrons. The molecule has 20 heavy (non-hydrogen) atoms. The molecular formula is C15H13F2NO2. The van der Waals surface area contributed by atoms with E-state index in [0.29, 0.717) is 11.3 Å². The highest BCUT2D eigenvalue weighted by atomic mass is 19.2. The Bertz CT molecular complexity index is 656. The Balaban J connectivity index is 2.18. The topological polar surface area (TPSA) is 49.3 Å². The van der Waals surface area contributed by atoms with Crippen LogP contribution in [0.1, 0.15) is 21.5 Å². The minimum Gasteiger partial charge on any atom is -0.478 e. The normalized spacial score (nSPS) is 10.3. The smallest absolute Gasteiger partial charge is 0.337 e. The molecule has 0 saturated heterocycles. The number of hydrogen-bond acceptors (Lipinski definition) is 2. The van der Waals surface area contributed by atoms with E-state index < -0.39 is 17.6 Å². The maximum atomic E-state index is 13.1. The number of anilines is 1. The van der Waals surface area contributed by atoms with Crippen LogP contribution in [0.15, 0.2) is 36.4 Å². The van der Waals surface area contributed by atoms with Crippen molar-refractivity contribution in [3.63, 3.8) is 0 Å². The average molecular weight is 277 g/mol. The number of rotatable bonds is 4. The number of carbonyl (C=O) groups is 1. The number of hydrogen-bond donors (Lipinski definition) is 2. The summed E-state index contributed by atoms with van der Waals surface area (Å²) in [6.45, 7) is 2.01. The maximum Gasteiger partial charge on any atom is 0.337 e. The fourth-order valence-electron chi connectivity index (χ4n) is 1.84. The van der Waals surface area contributed by atoms with Crippen molar-refractivity contribution in [1.29, 1.82) is 0 Å². The van der Waals surface area contributed by atoms with Gasteiger partial charge in [0.1, 0.15) is 0 Å². The summed E-state index contributed by atoms with van der Waals surface area (Å²) >= 11 is 0. The molecule has 0 spiro atoms. The number of aryl methyl sites for hydroxylation is 1. The lowest BCUT2D eigenvalue weighted by Crippen LogP contribution is -2.07. The molecule has 2 rings (SSSR count). The Morgan fingerprint density at radius 1 is 1.15 bits per heavy atom. The maximum absolute atomic E-state index is 13.1. The predicted octanol–water partition coefficient (Wildman–Crippen LogP) is 3.58. The quantitative estimate of drug-likeness (QED) is 0.898. The lowest BCUT2D eigenvalue weighted by molar-refractivity contribution is 0.0698. The van der Waals surface area contributed by atoms with Crippen molar-refractivity contribution in [3.8, 4) is 0 Å². The summed E-state index contributed by atoms with van der Waals surface area (Å²) in [5.41, 5.74) is 1.95. The second-order valence-corrected chi connectivity index (χ2v) is 4.46. The first-order valence-electron chi connectivity index (χ1n) is 5.99. The number of nitrogens with one attached hydrogen (secondary N) is 1. The van der Waals surface area contributed by atoms with Gasteiger partial charge in [0.15, 0.2) is 11.6 Å². The number of carboxylic acid groups (broad SMARTS) is 1. The van der Waals surface area contributed by atoms with Gasteiger partial charge in [-0.1, -0.05) is 17.7 Å². The molecule has 0 atom stereocenters. The summed E-state index contributed by atoms with van der Waals surface area (Å²) in [5.74, 6) is -2.87. The first-order valence-corrected chi connectivity index (χ1v) is 5.99. The first kappa shape index (κ1) is 14.0. The average Bonchev–Trinajstić information content (AvgIpc) is 2.41. The van der Waals surface area contributed by atoms with E-state index in [9.17, 15) is 13.6 Å². The fourth-order valence-corrected chi connectivity index (χ4v) is 1.84. The molecule has 0 aromatic heterocycles. The number of carboxylic acids is 1. The molecule has 0 heterocycles. The molecule has 0 aliphatic rings. The van der Waals surface area contributed by atoms with Crippen LogP contribution in [0, 0.1) is 18.6 Å². The predicted molar refractivity (Wildman–Crippen MR) is 71.8 cm³/mol. The van der Waals surface area contributed by atoms with Crippen LogP contribution < -0.4 is 5.32 Å². The van der Waals surface area contributed by atoms with E-state index in [1.807, 2.05) is 0 Å². The third-order valence-electron chi connectivity index (χ3n) is 2.87. The van der Waals surface area contributed by atoms with E-state index >= 15 is 0 Å². The highest BCUT2D eigenvalue weighted by molar-refractivity contribution is 5.94. The van der Waals surface area contributed by atoms with Crippen LogP contribution in [-0.4, -0.2) is 11.1 Å². The Labute approximate surface area is 114 Å². The monoisotopic (exact) mass is 277 g/mol. The molecule has 0 radical (unpaired) electrons. The number of benzene rings is 2. The van der Waals surface area contributed by atoms with Gasteiger partial charge in [-0.2, -0.15) is 0 Å². The molecular weight excluding hydrogens is 264 g/mol. The van der Waals surface area contributed by atoms with Gasteiger partial charge in [-0.3, -0.25) is 0 Å². The van der Waals surface area contributed by atoms with Gasteiger partial charge in [-0.05, 0) is 36.8 Å². The Morgan fingerprint density at radius 3 is 2.55 bits per heavy atom. The Morgan fingerprint density at radius 2 is 1.90 bits per heavy atom. The van der Waals surface area contributed by atoms with Gasteiger partial charge in [0, 0.05) is 12.2 Å². The highest BCUT2D eigenvalue weighted by Gasteiger charge is 2.10. The van der Waals surface area contributed by atoms with Gasteiger partial charge < -0.3 is 10.4 Å². The zero-order valence-corrected chi connectivity index (χ0v) is 10.8. The van der Waals surface area contributed by atoms with Crippen molar-refractivity contribution in [2.45, 2.75) is 13.5 Å². The van der Waals surface area contributed by atoms with Gasteiger partial charge in [0.25, 0.3) is 0 Å². The van der Waals surface area contributed by atoms with Gasteiger partial charge in [-0.15, -0.1) is 0 Å². The molecule has 0 fully saturated rings. The lowest BCUT2D eigenvalue weighted by Gasteiger charge is -2.10. The van der Waals surface area contributed by atoms with Crippen LogP contribution in [-0.2, 0) is 6.54 Å². The van der Waals surface area contributed by atoms with Crippen molar-refractivity contribution >= 4 is 11.7 Å². The van der Waals surface area contributed by atoms with Gasteiger partial charge in [0.2, 0.25) is 0 Å². The molecule has 2 aromatic carbocycles. The van der Waals surface area contributed by atoms with E-state index in [2.05, 4.69) is 5.32 Å². The summed E-state index contributed by atoms with van der Waals surface area (Å²) in [4.78, 5) is 11.1. The fraction of sp³-hybridized carbons (Fsp3) is 0.133. The minimum atomic E-state index is -1.04. The molecule has 0 aliphatic heterocycles. The van der Waals surface area contributed by atoms with Crippen LogP contribution >= 0.6 is 0 Å². The van der Waals surface area contributed by atoms with Crippen LogP contribution in [0.2, 0.25) is 0 Å². The summed E-state index contributed by atoms with van der Waals surface area (Å²) in [6, 6.07) is 8.55. The van der Waals surface area contributed by atoms with Crippen molar-refractivity contribution in [1.82, 2.24) is 0 Å². The third-order valence-corrected chi connectivity index (χ3v) is 2.87. The van der Waals surface area contributed by atoms with Gasteiger partial charge in [0.05, 0.1) is 5.56 Å². The second kappa shape index (κ2) is 5.69. The highest BCUT2D eigenvalue weighted by Crippen LogP contribution is 2.19. The molecule has 0 unspecified atom stereocenters. The van der Waals surface area contributed by atoms with Crippen molar-refractivity contribution in [2.75, 3.05) is 5.32 Å². The zero-order chi connectivity index (χ0) is 14.7. The molecule has 0 bridgehead atoms. The van der Waals surface area contributed by atoms with Crippen molar-refractivity contribution in [2.24, 2.45) is 0 Å². The van der Waals surface area contributed by atoms with Crippen LogP contribution in [0.3, 0.4) is 0 Å². The van der Waals surface area contributed by atoms with E-state index in [1.54, 1.807) is 25.1 Å². The zero-order valence-electron chi connectivity index (χ0n) is 10.8. The van der Waals surface area contributed by atoms with Crippen molar-refractivity contribution < 1.29 is 18.7 Å².